The normalized spacial score (nSPS) is 11.0. The summed E-state index contributed by atoms with van der Waals surface area (Å²) in [5.74, 6) is -0.0820. The fourth-order valence-electron chi connectivity index (χ4n) is 3.16. The molecule has 0 saturated heterocycles. The molecule has 11 nitrogen and oxygen atoms in total. The van der Waals surface area contributed by atoms with Gasteiger partial charge < -0.3 is 20.0 Å². The lowest BCUT2D eigenvalue weighted by Crippen LogP contribution is -2.17. The van der Waals surface area contributed by atoms with Crippen molar-refractivity contribution in [1.82, 2.24) is 24.7 Å². The molecule has 0 aliphatic rings. The van der Waals surface area contributed by atoms with Gasteiger partial charge in [-0.05, 0) is 36.5 Å². The zero-order valence-electron chi connectivity index (χ0n) is 17.5. The lowest BCUT2D eigenvalue weighted by Gasteiger charge is -2.04. The SMILES string of the molecule is Cc1onc(C(=O)Nc2ccn(Cc3ccc(Cl)c(Cl)c3)n2)c1Cn1nc([N+](=O)[O-])cc1C. The minimum Gasteiger partial charge on any atom is -0.361 e. The van der Waals surface area contributed by atoms with Crippen LogP contribution in [0.5, 0.6) is 0 Å². The molecule has 0 spiro atoms. The van der Waals surface area contributed by atoms with Crippen molar-refractivity contribution in [2.45, 2.75) is 26.9 Å². The predicted molar refractivity (Wildman–Crippen MR) is 120 cm³/mol. The highest BCUT2D eigenvalue weighted by molar-refractivity contribution is 6.42. The molecule has 0 saturated carbocycles. The van der Waals surface area contributed by atoms with Crippen LogP contribution in [-0.2, 0) is 13.1 Å². The van der Waals surface area contributed by atoms with Gasteiger partial charge in [0.15, 0.2) is 11.5 Å². The van der Waals surface area contributed by atoms with Crippen LogP contribution in [0.1, 0.15) is 33.1 Å². The van der Waals surface area contributed by atoms with E-state index in [1.54, 1.807) is 42.9 Å². The summed E-state index contributed by atoms with van der Waals surface area (Å²) in [6, 6.07) is 8.28. The van der Waals surface area contributed by atoms with Crippen LogP contribution in [0, 0.1) is 24.0 Å². The molecular weight excluding hydrogens is 473 g/mol. The Bertz CT molecular complexity index is 1360. The predicted octanol–water partition coefficient (Wildman–Crippen LogP) is 4.25. The van der Waals surface area contributed by atoms with E-state index in [1.165, 1.54) is 10.7 Å². The van der Waals surface area contributed by atoms with Crippen LogP contribution in [-0.4, -0.2) is 35.5 Å². The summed E-state index contributed by atoms with van der Waals surface area (Å²) in [5.41, 5.74) is 1.96. The van der Waals surface area contributed by atoms with Crippen molar-refractivity contribution in [3.8, 4) is 0 Å². The van der Waals surface area contributed by atoms with Crippen molar-refractivity contribution in [3.05, 3.63) is 85.0 Å². The van der Waals surface area contributed by atoms with Gasteiger partial charge in [0.1, 0.15) is 5.76 Å². The first kappa shape index (κ1) is 22.5. The average Bonchev–Trinajstić information content (AvgIpc) is 3.45. The number of hydrogen-bond donors (Lipinski definition) is 1. The van der Waals surface area contributed by atoms with Gasteiger partial charge in [-0.15, -0.1) is 0 Å². The largest absolute Gasteiger partial charge is 0.390 e. The van der Waals surface area contributed by atoms with E-state index >= 15 is 0 Å². The van der Waals surface area contributed by atoms with Gasteiger partial charge in [0.2, 0.25) is 0 Å². The minimum atomic E-state index is -0.577. The summed E-state index contributed by atoms with van der Waals surface area (Å²) in [6.45, 7) is 3.85. The van der Waals surface area contributed by atoms with E-state index in [4.69, 9.17) is 27.7 Å². The number of nitrogens with zero attached hydrogens (tertiary/aromatic N) is 6. The summed E-state index contributed by atoms with van der Waals surface area (Å²) in [7, 11) is 0. The number of benzene rings is 1. The highest BCUT2D eigenvalue weighted by Gasteiger charge is 2.24. The van der Waals surface area contributed by atoms with Crippen LogP contribution >= 0.6 is 23.2 Å². The van der Waals surface area contributed by atoms with Gasteiger partial charge in [0, 0.05) is 12.3 Å². The number of nitrogens with one attached hydrogen (secondary N) is 1. The van der Waals surface area contributed by atoms with E-state index in [0.717, 1.165) is 5.56 Å². The first-order valence-electron chi connectivity index (χ1n) is 9.64. The molecule has 0 radical (unpaired) electrons. The topological polar surface area (TPSA) is 134 Å². The van der Waals surface area contributed by atoms with Crippen LogP contribution in [0.4, 0.5) is 11.6 Å². The number of aromatic nitrogens is 5. The van der Waals surface area contributed by atoms with Gasteiger partial charge in [0.05, 0.1) is 45.6 Å². The first-order chi connectivity index (χ1) is 15.7. The van der Waals surface area contributed by atoms with Crippen LogP contribution in [0.25, 0.3) is 0 Å². The molecular formula is C20H17Cl2N7O4. The number of hydrogen-bond acceptors (Lipinski definition) is 7. The zero-order valence-corrected chi connectivity index (χ0v) is 19.0. The van der Waals surface area contributed by atoms with Gasteiger partial charge in [0.25, 0.3) is 5.91 Å². The number of carbonyl (C=O) groups is 1. The summed E-state index contributed by atoms with van der Waals surface area (Å²) in [4.78, 5) is 23.2. The van der Waals surface area contributed by atoms with E-state index in [2.05, 4.69) is 20.7 Å². The lowest BCUT2D eigenvalue weighted by atomic mass is 10.2. The number of rotatable bonds is 7. The number of halogens is 2. The van der Waals surface area contributed by atoms with Gasteiger partial charge in [-0.3, -0.25) is 9.48 Å². The molecule has 0 bridgehead atoms. The Morgan fingerprint density at radius 1 is 1.15 bits per heavy atom. The molecule has 13 heteroatoms. The quantitative estimate of drug-likeness (QED) is 0.302. The van der Waals surface area contributed by atoms with E-state index in [9.17, 15) is 14.9 Å². The van der Waals surface area contributed by atoms with E-state index < -0.39 is 10.8 Å². The Morgan fingerprint density at radius 3 is 2.64 bits per heavy atom. The molecule has 3 aromatic heterocycles. The van der Waals surface area contributed by atoms with Crippen molar-refractivity contribution in [3.63, 3.8) is 0 Å². The van der Waals surface area contributed by atoms with E-state index in [1.807, 2.05) is 6.07 Å². The Kier molecular flexibility index (Phi) is 6.16. The molecule has 0 atom stereocenters. The van der Waals surface area contributed by atoms with Gasteiger partial charge in [-0.1, -0.05) is 34.4 Å². The molecule has 0 unspecified atom stereocenters. The van der Waals surface area contributed by atoms with Crippen molar-refractivity contribution in [2.24, 2.45) is 0 Å². The monoisotopic (exact) mass is 489 g/mol. The second-order valence-corrected chi connectivity index (χ2v) is 8.04. The highest BCUT2D eigenvalue weighted by Crippen LogP contribution is 2.23. The van der Waals surface area contributed by atoms with Crippen molar-refractivity contribution in [1.29, 1.82) is 0 Å². The number of anilines is 1. The summed E-state index contributed by atoms with van der Waals surface area (Å²) >= 11 is 12.0. The third kappa shape index (κ3) is 4.89. The summed E-state index contributed by atoms with van der Waals surface area (Å²) < 4.78 is 8.24. The van der Waals surface area contributed by atoms with Gasteiger partial charge in [-0.25, -0.2) is 0 Å². The van der Waals surface area contributed by atoms with Crippen LogP contribution in [0.2, 0.25) is 10.0 Å². The molecule has 0 aliphatic carbocycles. The van der Waals surface area contributed by atoms with Crippen LogP contribution < -0.4 is 5.32 Å². The number of nitro groups is 1. The smallest absolute Gasteiger partial charge is 0.361 e. The third-order valence-electron chi connectivity index (χ3n) is 4.87. The fraction of sp³-hybridized carbons (Fsp3) is 0.200. The molecule has 4 aromatic rings. The summed E-state index contributed by atoms with van der Waals surface area (Å²) in [5, 5.41) is 26.7. The van der Waals surface area contributed by atoms with E-state index in [0.29, 0.717) is 39.4 Å². The molecule has 1 aromatic carbocycles. The molecule has 0 aliphatic heterocycles. The fourth-order valence-corrected chi connectivity index (χ4v) is 3.49. The number of carbonyl (C=O) groups excluding carboxylic acids is 1. The first-order valence-corrected chi connectivity index (χ1v) is 10.4. The van der Waals surface area contributed by atoms with E-state index in [-0.39, 0.29) is 18.1 Å². The Balaban J connectivity index is 1.48. The highest BCUT2D eigenvalue weighted by atomic mass is 35.5. The Hall–Kier alpha value is -3.70. The van der Waals surface area contributed by atoms with Crippen LogP contribution in [0.3, 0.4) is 0 Å². The Morgan fingerprint density at radius 2 is 1.94 bits per heavy atom. The number of aryl methyl sites for hydroxylation is 2. The van der Waals surface area contributed by atoms with Crippen molar-refractivity contribution in [2.75, 3.05) is 5.32 Å². The van der Waals surface area contributed by atoms with Gasteiger partial charge >= 0.3 is 5.82 Å². The molecule has 3 heterocycles. The third-order valence-corrected chi connectivity index (χ3v) is 5.61. The zero-order chi connectivity index (χ0) is 23.7. The molecule has 1 amide bonds. The van der Waals surface area contributed by atoms with Crippen molar-refractivity contribution < 1.29 is 14.2 Å². The molecule has 170 valence electrons. The van der Waals surface area contributed by atoms with Crippen molar-refractivity contribution >= 4 is 40.7 Å². The molecule has 1 N–H and O–H groups in total. The minimum absolute atomic E-state index is 0.0455. The standard InChI is InChI=1S/C20H17Cl2N7O4/c1-11-7-18(29(31)32)25-28(11)10-14-12(2)33-26-19(14)20(30)23-17-5-6-27(24-17)9-13-3-4-15(21)16(22)8-13/h3-8H,9-10H2,1-2H3,(H,23,24,30). The number of amides is 1. The summed E-state index contributed by atoms with van der Waals surface area (Å²) in [6.07, 6.45) is 1.71. The maximum Gasteiger partial charge on any atom is 0.390 e. The second kappa shape index (κ2) is 9.04. The molecule has 4 rings (SSSR count). The molecule has 0 fully saturated rings. The second-order valence-electron chi connectivity index (χ2n) is 7.23. The lowest BCUT2D eigenvalue weighted by molar-refractivity contribution is -0.389. The average molecular weight is 490 g/mol. The maximum absolute atomic E-state index is 12.8. The van der Waals surface area contributed by atoms with Gasteiger partial charge in [-0.2, -0.15) is 9.78 Å². The Labute approximate surface area is 197 Å². The molecule has 33 heavy (non-hydrogen) atoms. The maximum atomic E-state index is 12.8. The van der Waals surface area contributed by atoms with Crippen LogP contribution in [0.15, 0.2) is 41.1 Å².